The molecule has 0 radical (unpaired) electrons. The summed E-state index contributed by atoms with van der Waals surface area (Å²) >= 11 is 8.42. The third kappa shape index (κ3) is 3.43. The Kier molecular flexibility index (Phi) is 4.96. The Morgan fingerprint density at radius 2 is 2.28 bits per heavy atom. The first-order chi connectivity index (χ1) is 8.70. The lowest BCUT2D eigenvalue weighted by Crippen LogP contribution is -2.13. The van der Waals surface area contributed by atoms with Crippen LogP contribution in [0.1, 0.15) is 19.0 Å². The van der Waals surface area contributed by atoms with Gasteiger partial charge in [-0.1, -0.05) is 23.7 Å². The zero-order chi connectivity index (χ0) is 13.0. The summed E-state index contributed by atoms with van der Waals surface area (Å²) in [5, 5.41) is 12.2. The highest BCUT2D eigenvalue weighted by molar-refractivity contribution is 14.1. The van der Waals surface area contributed by atoms with Crippen LogP contribution in [0.15, 0.2) is 24.4 Å². The Morgan fingerprint density at radius 1 is 1.44 bits per heavy atom. The van der Waals surface area contributed by atoms with Gasteiger partial charge in [-0.15, -0.1) is 5.10 Å². The number of halogens is 2. The molecule has 1 aromatic carbocycles. The quantitative estimate of drug-likeness (QED) is 0.644. The molecule has 4 nitrogen and oxygen atoms in total. The smallest absolute Gasteiger partial charge is 0.0969 e. The van der Waals surface area contributed by atoms with Crippen LogP contribution < -0.4 is 5.32 Å². The summed E-state index contributed by atoms with van der Waals surface area (Å²) in [6.07, 6.45) is 3.01. The molecule has 2 rings (SSSR count). The van der Waals surface area contributed by atoms with E-state index in [1.165, 1.54) is 0 Å². The van der Waals surface area contributed by atoms with Crippen molar-refractivity contribution in [3.05, 3.63) is 38.7 Å². The number of hydrogen-bond donors (Lipinski definition) is 1. The number of nitrogens with zero attached hydrogens (tertiary/aromatic N) is 3. The van der Waals surface area contributed by atoms with Crippen LogP contribution in [0, 0.1) is 3.57 Å². The highest BCUT2D eigenvalue weighted by Crippen LogP contribution is 2.22. The molecule has 0 fully saturated rings. The second-order valence-electron chi connectivity index (χ2n) is 3.93. The number of nitrogens with one attached hydrogen (secondary N) is 1. The maximum atomic E-state index is 6.19. The van der Waals surface area contributed by atoms with Crippen LogP contribution in [0.5, 0.6) is 0 Å². The molecule has 1 N–H and O–H groups in total. The summed E-state index contributed by atoms with van der Waals surface area (Å²) in [5.41, 5.74) is 1.77. The molecule has 18 heavy (non-hydrogen) atoms. The highest BCUT2D eigenvalue weighted by atomic mass is 127. The summed E-state index contributed by atoms with van der Waals surface area (Å²) in [7, 11) is 0. The molecule has 0 spiro atoms. The predicted molar refractivity (Wildman–Crippen MR) is 81.1 cm³/mol. The minimum absolute atomic E-state index is 0.680. The van der Waals surface area contributed by atoms with E-state index in [2.05, 4.69) is 45.1 Å². The number of rotatable bonds is 5. The molecular formula is C12H14ClIN4. The van der Waals surface area contributed by atoms with Gasteiger partial charge in [0.05, 0.1) is 22.6 Å². The maximum Gasteiger partial charge on any atom is 0.0969 e. The van der Waals surface area contributed by atoms with E-state index in [0.29, 0.717) is 5.02 Å². The van der Waals surface area contributed by atoms with E-state index in [1.54, 1.807) is 4.68 Å². The fourth-order valence-electron chi connectivity index (χ4n) is 1.56. The normalized spacial score (nSPS) is 10.8. The van der Waals surface area contributed by atoms with E-state index < -0.39 is 0 Å². The van der Waals surface area contributed by atoms with E-state index in [4.69, 9.17) is 11.6 Å². The summed E-state index contributed by atoms with van der Waals surface area (Å²) in [5.74, 6) is 0. The zero-order valence-electron chi connectivity index (χ0n) is 10.0. The standard InChI is InChI=1S/C12H14ClIN4/c1-2-5-15-7-10-8-18(17-16-10)12-4-3-9(14)6-11(12)13/h3-4,6,8,15H,2,5,7H2,1H3. The molecule has 0 aliphatic heterocycles. The van der Waals surface area contributed by atoms with Crippen LogP contribution in [0.3, 0.4) is 0 Å². The predicted octanol–water partition coefficient (Wildman–Crippen LogP) is 3.02. The van der Waals surface area contributed by atoms with Crippen LogP contribution >= 0.6 is 34.2 Å². The van der Waals surface area contributed by atoms with Crippen LogP contribution in [0.25, 0.3) is 5.69 Å². The van der Waals surface area contributed by atoms with Crippen molar-refractivity contribution in [2.24, 2.45) is 0 Å². The van der Waals surface area contributed by atoms with Crippen molar-refractivity contribution in [2.45, 2.75) is 19.9 Å². The van der Waals surface area contributed by atoms with Crippen molar-refractivity contribution in [1.82, 2.24) is 20.3 Å². The molecule has 96 valence electrons. The molecule has 6 heteroatoms. The molecule has 1 aromatic heterocycles. The van der Waals surface area contributed by atoms with E-state index in [1.807, 2.05) is 24.4 Å². The molecular weight excluding hydrogens is 363 g/mol. The van der Waals surface area contributed by atoms with Crippen molar-refractivity contribution in [1.29, 1.82) is 0 Å². The molecule has 0 amide bonds. The largest absolute Gasteiger partial charge is 0.311 e. The van der Waals surface area contributed by atoms with Crippen molar-refractivity contribution >= 4 is 34.2 Å². The Balaban J connectivity index is 2.13. The van der Waals surface area contributed by atoms with Crippen molar-refractivity contribution < 1.29 is 0 Å². The Hall–Kier alpha value is -0.660. The van der Waals surface area contributed by atoms with Gasteiger partial charge in [0.15, 0.2) is 0 Å². The summed E-state index contributed by atoms with van der Waals surface area (Å²) in [4.78, 5) is 0. The van der Waals surface area contributed by atoms with Gasteiger partial charge < -0.3 is 5.32 Å². The lowest BCUT2D eigenvalue weighted by molar-refractivity contribution is 0.662. The molecule has 0 saturated carbocycles. The summed E-state index contributed by atoms with van der Waals surface area (Å²) in [6, 6.07) is 5.86. The lowest BCUT2D eigenvalue weighted by Gasteiger charge is -2.03. The van der Waals surface area contributed by atoms with E-state index in [9.17, 15) is 0 Å². The molecule has 0 atom stereocenters. The molecule has 0 aliphatic carbocycles. The fourth-order valence-corrected chi connectivity index (χ4v) is 2.50. The topological polar surface area (TPSA) is 42.7 Å². The number of benzene rings is 1. The van der Waals surface area contributed by atoms with Crippen LogP contribution in [-0.2, 0) is 6.54 Å². The van der Waals surface area contributed by atoms with Gasteiger partial charge in [-0.05, 0) is 53.8 Å². The summed E-state index contributed by atoms with van der Waals surface area (Å²) < 4.78 is 2.81. The second kappa shape index (κ2) is 6.49. The first kappa shape index (κ1) is 13.8. The zero-order valence-corrected chi connectivity index (χ0v) is 12.9. The average molecular weight is 377 g/mol. The number of hydrogen-bond acceptors (Lipinski definition) is 3. The Labute approximate surface area is 125 Å². The van der Waals surface area contributed by atoms with Crippen molar-refractivity contribution in [2.75, 3.05) is 6.54 Å². The van der Waals surface area contributed by atoms with Gasteiger partial charge in [0.25, 0.3) is 0 Å². The molecule has 0 bridgehead atoms. The third-order valence-electron chi connectivity index (χ3n) is 2.43. The summed E-state index contributed by atoms with van der Waals surface area (Å²) in [6.45, 7) is 3.85. The van der Waals surface area contributed by atoms with Gasteiger partial charge in [-0.3, -0.25) is 0 Å². The molecule has 0 unspecified atom stereocenters. The van der Waals surface area contributed by atoms with Crippen molar-refractivity contribution in [3.8, 4) is 5.69 Å². The Morgan fingerprint density at radius 3 is 3.00 bits per heavy atom. The van der Waals surface area contributed by atoms with Gasteiger partial charge in [-0.2, -0.15) is 0 Å². The molecule has 0 aliphatic rings. The second-order valence-corrected chi connectivity index (χ2v) is 5.58. The molecule has 0 saturated heterocycles. The monoisotopic (exact) mass is 376 g/mol. The molecule has 2 aromatic rings. The van der Waals surface area contributed by atoms with Gasteiger partial charge in [0.2, 0.25) is 0 Å². The van der Waals surface area contributed by atoms with Crippen LogP contribution in [-0.4, -0.2) is 21.5 Å². The van der Waals surface area contributed by atoms with Crippen molar-refractivity contribution in [3.63, 3.8) is 0 Å². The van der Waals surface area contributed by atoms with Gasteiger partial charge in [0, 0.05) is 10.1 Å². The average Bonchev–Trinajstić information content (AvgIpc) is 2.78. The van der Waals surface area contributed by atoms with Crippen LogP contribution in [0.2, 0.25) is 5.02 Å². The van der Waals surface area contributed by atoms with Gasteiger partial charge >= 0.3 is 0 Å². The SMILES string of the molecule is CCCNCc1cn(-c2ccc(I)cc2Cl)nn1. The third-order valence-corrected chi connectivity index (χ3v) is 3.40. The Bertz CT molecular complexity index is 527. The fraction of sp³-hybridized carbons (Fsp3) is 0.333. The first-order valence-electron chi connectivity index (χ1n) is 5.78. The molecule has 1 heterocycles. The van der Waals surface area contributed by atoms with Gasteiger partial charge in [0.1, 0.15) is 0 Å². The van der Waals surface area contributed by atoms with Gasteiger partial charge in [-0.25, -0.2) is 4.68 Å². The van der Waals surface area contributed by atoms with E-state index >= 15 is 0 Å². The van der Waals surface area contributed by atoms with Crippen LogP contribution in [0.4, 0.5) is 0 Å². The number of aromatic nitrogens is 3. The minimum atomic E-state index is 0.680. The van der Waals surface area contributed by atoms with E-state index in [0.717, 1.165) is 34.5 Å². The minimum Gasteiger partial charge on any atom is -0.311 e. The maximum absolute atomic E-state index is 6.19. The lowest BCUT2D eigenvalue weighted by atomic mass is 10.3. The van der Waals surface area contributed by atoms with E-state index in [-0.39, 0.29) is 0 Å². The first-order valence-corrected chi connectivity index (χ1v) is 7.23. The highest BCUT2D eigenvalue weighted by Gasteiger charge is 2.06.